The fourth-order valence-electron chi connectivity index (χ4n) is 5.23. The molecule has 4 rings (SSSR count). The molecule has 41 heavy (non-hydrogen) atoms. The second-order valence-electron chi connectivity index (χ2n) is 12.9. The third kappa shape index (κ3) is 6.95. The number of benzene rings is 1. The maximum absolute atomic E-state index is 13.1. The Morgan fingerprint density at radius 3 is 2.20 bits per heavy atom. The predicted molar refractivity (Wildman–Crippen MR) is 163 cm³/mol. The number of esters is 1. The molecule has 0 bridgehead atoms. The molecule has 1 N–H and O–H groups in total. The highest BCUT2D eigenvalue weighted by molar-refractivity contribution is 7.16. The largest absolute Gasteiger partial charge is 0.507 e. The lowest BCUT2D eigenvalue weighted by atomic mass is 9.78. The smallest absolute Gasteiger partial charge is 0.311 e. The number of piperidine rings is 1. The highest BCUT2D eigenvalue weighted by Crippen LogP contribution is 2.45. The van der Waals surface area contributed by atoms with Gasteiger partial charge in [0.05, 0.1) is 24.2 Å². The summed E-state index contributed by atoms with van der Waals surface area (Å²) in [4.78, 5) is 31.5. The molecular formula is C31H41ClN4O4S. The molecule has 10 heteroatoms. The normalized spacial score (nSPS) is 14.9. The van der Waals surface area contributed by atoms with Crippen molar-refractivity contribution in [2.75, 3.05) is 20.2 Å². The summed E-state index contributed by atoms with van der Waals surface area (Å²) in [6.45, 7) is 15.8. The van der Waals surface area contributed by atoms with Gasteiger partial charge in [0.25, 0.3) is 0 Å². The Hall–Kier alpha value is -2.91. The number of phenolic OH excluding ortho intramolecular Hbond substituents is 1. The number of carbonyl (C=O) groups excluding carboxylic acids is 2. The number of carbonyl (C=O) groups is 2. The van der Waals surface area contributed by atoms with Gasteiger partial charge in [-0.1, -0.05) is 53.1 Å². The standard InChI is InChI=1S/C31H41ClN4O4S/c1-18-13-21(16-25(38)40-8)34-36(18)17-24(37)35-11-9-19(10-12-35)29-33-26(28(32)41-29)20-14-22(30(2,3)4)27(39)23(15-20)31(5,6)7/h13-15,19,39H,9-12,16-17H2,1-8H3. The van der Waals surface area contributed by atoms with Gasteiger partial charge in [-0.2, -0.15) is 5.10 Å². The van der Waals surface area contributed by atoms with Crippen molar-refractivity contribution in [2.24, 2.45) is 0 Å². The number of aryl methyl sites for hydroxylation is 1. The summed E-state index contributed by atoms with van der Waals surface area (Å²) < 4.78 is 7.00. The zero-order valence-corrected chi connectivity index (χ0v) is 26.9. The Balaban J connectivity index is 1.48. The lowest BCUT2D eigenvalue weighted by Gasteiger charge is -2.31. The molecule has 0 saturated carbocycles. The van der Waals surface area contributed by atoms with Gasteiger partial charge in [0.2, 0.25) is 5.91 Å². The highest BCUT2D eigenvalue weighted by Gasteiger charge is 2.30. The fourth-order valence-corrected chi connectivity index (χ4v) is 6.60. The number of thiazole rings is 1. The van der Waals surface area contributed by atoms with Crippen LogP contribution in [0.15, 0.2) is 18.2 Å². The van der Waals surface area contributed by atoms with Crippen molar-refractivity contribution < 1.29 is 19.4 Å². The van der Waals surface area contributed by atoms with Crippen molar-refractivity contribution in [1.82, 2.24) is 19.7 Å². The molecule has 1 fully saturated rings. The molecule has 3 aromatic rings. The van der Waals surface area contributed by atoms with Gasteiger partial charge in [0.1, 0.15) is 22.3 Å². The number of aromatic hydroxyl groups is 1. The van der Waals surface area contributed by atoms with Crippen LogP contribution in [0.3, 0.4) is 0 Å². The summed E-state index contributed by atoms with van der Waals surface area (Å²) >= 11 is 8.30. The molecule has 0 unspecified atom stereocenters. The molecule has 0 atom stereocenters. The van der Waals surface area contributed by atoms with Gasteiger partial charge in [-0.15, -0.1) is 11.3 Å². The Kier molecular flexibility index (Phi) is 8.90. The Bertz CT molecular complexity index is 1400. The summed E-state index contributed by atoms with van der Waals surface area (Å²) in [5.41, 5.74) is 4.34. The maximum Gasteiger partial charge on any atom is 0.311 e. The topological polar surface area (TPSA) is 97.6 Å². The van der Waals surface area contributed by atoms with Crippen LogP contribution in [0.1, 0.15) is 87.8 Å². The van der Waals surface area contributed by atoms with Crippen molar-refractivity contribution in [3.05, 3.63) is 50.1 Å². The molecule has 0 radical (unpaired) electrons. The van der Waals surface area contributed by atoms with Gasteiger partial charge < -0.3 is 14.7 Å². The SMILES string of the molecule is COC(=O)Cc1cc(C)n(CC(=O)N2CCC(c3nc(-c4cc(C(C)(C)C)c(O)c(C(C)(C)C)c4)c(Cl)s3)CC2)n1. The van der Waals surface area contributed by atoms with Gasteiger partial charge in [0.15, 0.2) is 0 Å². The average molecular weight is 601 g/mol. The summed E-state index contributed by atoms with van der Waals surface area (Å²) in [6, 6.07) is 5.85. The lowest BCUT2D eigenvalue weighted by Crippen LogP contribution is -2.40. The highest BCUT2D eigenvalue weighted by atomic mass is 35.5. The van der Waals surface area contributed by atoms with Gasteiger partial charge in [-0.3, -0.25) is 14.3 Å². The number of ether oxygens (including phenoxy) is 1. The summed E-state index contributed by atoms with van der Waals surface area (Å²) in [5.74, 6) is 0.200. The number of hydrogen-bond donors (Lipinski definition) is 1. The van der Waals surface area contributed by atoms with Crippen LogP contribution in [0.25, 0.3) is 11.3 Å². The van der Waals surface area contributed by atoms with Crippen LogP contribution < -0.4 is 0 Å². The molecule has 3 heterocycles. The van der Waals surface area contributed by atoms with E-state index in [-0.39, 0.29) is 41.6 Å². The maximum atomic E-state index is 13.1. The van der Waals surface area contributed by atoms with E-state index < -0.39 is 0 Å². The second kappa shape index (κ2) is 11.8. The van der Waals surface area contributed by atoms with Gasteiger partial charge in [-0.25, -0.2) is 4.98 Å². The molecule has 1 saturated heterocycles. The van der Waals surface area contributed by atoms with Gasteiger partial charge in [-0.05, 0) is 48.8 Å². The van der Waals surface area contributed by atoms with Crippen molar-refractivity contribution in [2.45, 2.75) is 91.0 Å². The van der Waals surface area contributed by atoms with E-state index in [1.165, 1.54) is 18.4 Å². The number of nitrogens with zero attached hydrogens (tertiary/aromatic N) is 4. The molecule has 1 aromatic carbocycles. The van der Waals surface area contributed by atoms with E-state index in [9.17, 15) is 14.7 Å². The summed E-state index contributed by atoms with van der Waals surface area (Å²) in [5, 5.41) is 16.5. The van der Waals surface area contributed by atoms with E-state index in [1.54, 1.807) is 4.68 Å². The first-order chi connectivity index (χ1) is 19.1. The molecule has 0 aliphatic carbocycles. The molecule has 222 valence electrons. The monoisotopic (exact) mass is 600 g/mol. The van der Waals surface area contributed by atoms with Crippen molar-refractivity contribution in [3.8, 4) is 17.0 Å². The van der Waals surface area contributed by atoms with E-state index in [4.69, 9.17) is 21.3 Å². The minimum absolute atomic E-state index is 0.00522. The minimum atomic E-state index is -0.358. The van der Waals surface area contributed by atoms with E-state index in [0.717, 1.165) is 45.9 Å². The van der Waals surface area contributed by atoms with Gasteiger partial charge in [0, 0.05) is 41.4 Å². The van der Waals surface area contributed by atoms with Crippen LogP contribution in [-0.4, -0.2) is 56.8 Å². The van der Waals surface area contributed by atoms with Crippen LogP contribution in [0.2, 0.25) is 4.34 Å². The molecular weight excluding hydrogens is 560 g/mol. The second-order valence-corrected chi connectivity index (χ2v) is 14.6. The first-order valence-electron chi connectivity index (χ1n) is 14.0. The number of aromatic nitrogens is 3. The molecule has 2 aromatic heterocycles. The van der Waals surface area contributed by atoms with Crippen molar-refractivity contribution in [1.29, 1.82) is 0 Å². The lowest BCUT2D eigenvalue weighted by molar-refractivity contribution is -0.139. The van der Waals surface area contributed by atoms with E-state index >= 15 is 0 Å². The fraction of sp³-hybridized carbons (Fsp3) is 0.548. The minimum Gasteiger partial charge on any atom is -0.507 e. The van der Waals surface area contributed by atoms with Crippen molar-refractivity contribution >= 4 is 34.8 Å². The molecule has 1 aliphatic heterocycles. The predicted octanol–water partition coefficient (Wildman–Crippen LogP) is 6.39. The van der Waals surface area contributed by atoms with E-state index in [2.05, 4.69) is 46.6 Å². The van der Waals surface area contributed by atoms with Crippen LogP contribution in [-0.2, 0) is 38.1 Å². The van der Waals surface area contributed by atoms with E-state index in [1.807, 2.05) is 30.0 Å². The van der Waals surface area contributed by atoms with Crippen molar-refractivity contribution in [3.63, 3.8) is 0 Å². The molecule has 1 amide bonds. The number of phenols is 1. The number of halogens is 1. The van der Waals surface area contributed by atoms with Crippen LogP contribution >= 0.6 is 22.9 Å². The third-order valence-electron chi connectivity index (χ3n) is 7.67. The van der Waals surface area contributed by atoms with E-state index in [0.29, 0.717) is 28.9 Å². The number of likely N-dealkylation sites (tertiary alicyclic amines) is 1. The number of hydrogen-bond acceptors (Lipinski definition) is 7. The number of rotatable bonds is 6. The first kappa shape index (κ1) is 31.0. The molecule has 8 nitrogen and oxygen atoms in total. The van der Waals surface area contributed by atoms with Crippen LogP contribution in [0.4, 0.5) is 0 Å². The summed E-state index contributed by atoms with van der Waals surface area (Å²) in [7, 11) is 1.35. The van der Waals surface area contributed by atoms with Gasteiger partial charge >= 0.3 is 5.97 Å². The Morgan fingerprint density at radius 1 is 1.07 bits per heavy atom. The first-order valence-corrected chi connectivity index (χ1v) is 15.2. The zero-order valence-electron chi connectivity index (χ0n) is 25.3. The van der Waals surface area contributed by atoms with Crippen LogP contribution in [0, 0.1) is 6.92 Å². The average Bonchev–Trinajstić information content (AvgIpc) is 3.44. The quantitative estimate of drug-likeness (QED) is 0.329. The number of methoxy groups -OCH3 is 1. The third-order valence-corrected chi connectivity index (χ3v) is 9.09. The zero-order chi connectivity index (χ0) is 30.3. The Morgan fingerprint density at radius 2 is 1.66 bits per heavy atom. The Labute approximate surface area is 251 Å². The van der Waals surface area contributed by atoms with Crippen LogP contribution in [0.5, 0.6) is 5.75 Å². The molecule has 1 aliphatic rings. The number of amides is 1. The summed E-state index contributed by atoms with van der Waals surface area (Å²) in [6.07, 6.45) is 1.69. The molecule has 0 spiro atoms.